The van der Waals surface area contributed by atoms with E-state index in [1.807, 2.05) is 0 Å². The van der Waals surface area contributed by atoms with Gasteiger partial charge in [-0.15, -0.1) is 0 Å². The van der Waals surface area contributed by atoms with Crippen LogP contribution >= 0.6 is 0 Å². The molecule has 5 heteroatoms. The van der Waals surface area contributed by atoms with Crippen molar-refractivity contribution in [1.29, 1.82) is 0 Å². The molecule has 0 saturated heterocycles. The molecule has 0 fully saturated rings. The Morgan fingerprint density at radius 1 is 1.35 bits per heavy atom. The maximum absolute atomic E-state index is 11.3. The zero-order valence-corrected chi connectivity index (χ0v) is 9.90. The fourth-order valence-electron chi connectivity index (χ4n) is 1.13. The molecule has 0 aliphatic rings. The second-order valence-electron chi connectivity index (χ2n) is 3.76. The van der Waals surface area contributed by atoms with E-state index in [4.69, 9.17) is 10.5 Å². The number of anilines is 1. The van der Waals surface area contributed by atoms with Gasteiger partial charge in [-0.25, -0.2) is 0 Å². The van der Waals surface area contributed by atoms with Crippen LogP contribution < -0.4 is 11.1 Å². The zero-order valence-electron chi connectivity index (χ0n) is 9.90. The van der Waals surface area contributed by atoms with Crippen molar-refractivity contribution in [2.75, 3.05) is 5.32 Å². The highest BCUT2D eigenvalue weighted by atomic mass is 16.5. The molecule has 0 aliphatic heterocycles. The molecule has 0 saturated carbocycles. The largest absolute Gasteiger partial charge is 0.461 e. The minimum atomic E-state index is -0.546. The van der Waals surface area contributed by atoms with Gasteiger partial charge in [0, 0.05) is 12.6 Å². The van der Waals surface area contributed by atoms with Crippen LogP contribution in [0.15, 0.2) is 24.3 Å². The fourth-order valence-corrected chi connectivity index (χ4v) is 1.13. The van der Waals surface area contributed by atoms with Crippen LogP contribution in [-0.4, -0.2) is 17.9 Å². The Morgan fingerprint density at radius 2 is 1.94 bits per heavy atom. The lowest BCUT2D eigenvalue weighted by Crippen LogP contribution is -2.32. The van der Waals surface area contributed by atoms with Crippen molar-refractivity contribution in [3.05, 3.63) is 29.8 Å². The number of nitrogens with two attached hydrogens (primary N) is 1. The van der Waals surface area contributed by atoms with Crippen LogP contribution in [0, 0.1) is 0 Å². The Morgan fingerprint density at radius 3 is 2.41 bits per heavy atom. The summed E-state index contributed by atoms with van der Waals surface area (Å²) < 4.78 is 4.84. The lowest BCUT2D eigenvalue weighted by Gasteiger charge is -2.08. The van der Waals surface area contributed by atoms with Gasteiger partial charge in [0.15, 0.2) is 0 Å². The number of benzene rings is 1. The molecule has 1 rings (SSSR count). The van der Waals surface area contributed by atoms with Crippen LogP contribution in [0.5, 0.6) is 0 Å². The number of hydrogen-bond donors (Lipinski definition) is 2. The number of rotatable bonds is 4. The zero-order chi connectivity index (χ0) is 12.8. The van der Waals surface area contributed by atoms with E-state index in [2.05, 4.69) is 5.32 Å². The van der Waals surface area contributed by atoms with Crippen molar-refractivity contribution in [3.63, 3.8) is 0 Å². The maximum atomic E-state index is 11.3. The van der Waals surface area contributed by atoms with Crippen LogP contribution in [0.3, 0.4) is 0 Å². The quantitative estimate of drug-likeness (QED) is 0.765. The summed E-state index contributed by atoms with van der Waals surface area (Å²) in [6.45, 7) is 3.21. The van der Waals surface area contributed by atoms with Gasteiger partial charge in [-0.2, -0.15) is 0 Å². The van der Waals surface area contributed by atoms with E-state index >= 15 is 0 Å². The van der Waals surface area contributed by atoms with Crippen molar-refractivity contribution in [2.24, 2.45) is 5.73 Å². The monoisotopic (exact) mass is 236 g/mol. The van der Waals surface area contributed by atoms with E-state index in [0.29, 0.717) is 5.69 Å². The normalized spacial score (nSPS) is 11.7. The summed E-state index contributed by atoms with van der Waals surface area (Å²) in [6, 6.07) is 6.48. The molecule has 5 nitrogen and oxygen atoms in total. The van der Waals surface area contributed by atoms with Crippen molar-refractivity contribution >= 4 is 17.6 Å². The molecule has 0 radical (unpaired) electrons. The number of carbonyl (C=O) groups is 2. The number of ether oxygens (including phenoxy) is 1. The van der Waals surface area contributed by atoms with Gasteiger partial charge in [-0.1, -0.05) is 12.1 Å². The van der Waals surface area contributed by atoms with E-state index in [9.17, 15) is 9.59 Å². The highest BCUT2D eigenvalue weighted by molar-refractivity contribution is 5.94. The average Bonchev–Trinajstić information content (AvgIpc) is 2.28. The Bertz CT molecular complexity index is 399. The Kier molecular flexibility index (Phi) is 4.66. The topological polar surface area (TPSA) is 81.4 Å². The first kappa shape index (κ1) is 13.2. The predicted octanol–water partition coefficient (Wildman–Crippen LogP) is 1.04. The first-order chi connectivity index (χ1) is 7.99. The minimum Gasteiger partial charge on any atom is -0.461 e. The number of nitrogens with one attached hydrogen (secondary N) is 1. The Balaban J connectivity index is 2.56. The summed E-state index contributed by atoms with van der Waals surface area (Å²) in [5, 5.41) is 2.66. The molecule has 0 bridgehead atoms. The summed E-state index contributed by atoms with van der Waals surface area (Å²) in [6.07, 6.45) is 0. The van der Waals surface area contributed by atoms with Gasteiger partial charge in [0.25, 0.3) is 0 Å². The molecule has 0 spiro atoms. The van der Waals surface area contributed by atoms with Gasteiger partial charge in [-0.05, 0) is 24.6 Å². The highest BCUT2D eigenvalue weighted by Crippen LogP contribution is 2.10. The van der Waals surface area contributed by atoms with Gasteiger partial charge in [0.2, 0.25) is 5.91 Å². The maximum Gasteiger partial charge on any atom is 0.302 e. The lowest BCUT2D eigenvalue weighted by molar-refractivity contribution is -0.142. The number of amides is 1. The smallest absolute Gasteiger partial charge is 0.302 e. The lowest BCUT2D eigenvalue weighted by atomic mass is 10.2. The number of esters is 1. The van der Waals surface area contributed by atoms with Crippen LogP contribution in [0.4, 0.5) is 5.69 Å². The van der Waals surface area contributed by atoms with Crippen LogP contribution in [-0.2, 0) is 20.9 Å². The third-order valence-corrected chi connectivity index (χ3v) is 2.08. The summed E-state index contributed by atoms with van der Waals surface area (Å²) in [5.41, 5.74) is 6.95. The average molecular weight is 236 g/mol. The molecule has 1 atom stereocenters. The van der Waals surface area contributed by atoms with Gasteiger partial charge in [0.1, 0.15) is 6.61 Å². The van der Waals surface area contributed by atoms with E-state index < -0.39 is 6.04 Å². The summed E-state index contributed by atoms with van der Waals surface area (Å²) >= 11 is 0. The van der Waals surface area contributed by atoms with Gasteiger partial charge < -0.3 is 15.8 Å². The predicted molar refractivity (Wildman–Crippen MR) is 64.2 cm³/mol. The molecule has 1 amide bonds. The number of carbonyl (C=O) groups excluding carboxylic acids is 2. The van der Waals surface area contributed by atoms with Crippen molar-refractivity contribution in [2.45, 2.75) is 26.5 Å². The van der Waals surface area contributed by atoms with Crippen LogP contribution in [0.1, 0.15) is 19.4 Å². The second kappa shape index (κ2) is 6.00. The van der Waals surface area contributed by atoms with E-state index in [1.54, 1.807) is 31.2 Å². The van der Waals surface area contributed by atoms with Gasteiger partial charge in [0.05, 0.1) is 6.04 Å². The summed E-state index contributed by atoms with van der Waals surface area (Å²) in [7, 11) is 0. The van der Waals surface area contributed by atoms with E-state index in [0.717, 1.165) is 5.56 Å². The molecule has 0 unspecified atom stereocenters. The second-order valence-corrected chi connectivity index (χ2v) is 3.76. The third kappa shape index (κ3) is 4.65. The minimum absolute atomic E-state index is 0.233. The Hall–Kier alpha value is -1.88. The molecule has 3 N–H and O–H groups in total. The molecule has 1 aromatic rings. The van der Waals surface area contributed by atoms with Crippen LogP contribution in [0.2, 0.25) is 0 Å². The molecule has 17 heavy (non-hydrogen) atoms. The molecular formula is C12H16N2O3. The van der Waals surface area contributed by atoms with E-state index in [1.165, 1.54) is 6.92 Å². The molecular weight excluding hydrogens is 220 g/mol. The highest BCUT2D eigenvalue weighted by Gasteiger charge is 2.07. The van der Waals surface area contributed by atoms with Crippen molar-refractivity contribution in [3.8, 4) is 0 Å². The summed E-state index contributed by atoms with van der Waals surface area (Å²) in [5.74, 6) is -0.558. The summed E-state index contributed by atoms with van der Waals surface area (Å²) in [4.78, 5) is 21.9. The molecule has 0 aromatic heterocycles. The van der Waals surface area contributed by atoms with Gasteiger partial charge in [-0.3, -0.25) is 9.59 Å². The number of hydrogen-bond acceptors (Lipinski definition) is 4. The Labute approximate surface area is 99.9 Å². The first-order valence-electron chi connectivity index (χ1n) is 5.28. The van der Waals surface area contributed by atoms with E-state index in [-0.39, 0.29) is 18.5 Å². The van der Waals surface area contributed by atoms with Crippen molar-refractivity contribution in [1.82, 2.24) is 0 Å². The van der Waals surface area contributed by atoms with Crippen molar-refractivity contribution < 1.29 is 14.3 Å². The van der Waals surface area contributed by atoms with Gasteiger partial charge >= 0.3 is 5.97 Å². The molecule has 0 aliphatic carbocycles. The molecule has 1 aromatic carbocycles. The third-order valence-electron chi connectivity index (χ3n) is 2.08. The molecule has 0 heterocycles. The fraction of sp³-hybridized carbons (Fsp3) is 0.333. The molecule has 92 valence electrons. The first-order valence-corrected chi connectivity index (χ1v) is 5.28. The SMILES string of the molecule is CC(=O)OCc1ccc(NC(=O)[C@H](C)N)cc1. The van der Waals surface area contributed by atoms with Crippen LogP contribution in [0.25, 0.3) is 0 Å². The standard InChI is InChI=1S/C12H16N2O3/c1-8(13)12(16)14-11-5-3-10(4-6-11)7-17-9(2)15/h3-6,8H,7,13H2,1-2H3,(H,14,16)/t8-/m0/s1.